The Morgan fingerprint density at radius 2 is 1.28 bits per heavy atom. The minimum atomic E-state index is -0.169. The zero-order valence-corrected chi connectivity index (χ0v) is 38.4. The van der Waals surface area contributed by atoms with Gasteiger partial charge >= 0.3 is 6.85 Å². The smallest absolute Gasteiger partial charge is 0.333 e. The highest BCUT2D eigenvalue weighted by Gasteiger charge is 2.48. The van der Waals surface area contributed by atoms with Crippen LogP contribution in [0.2, 0.25) is 0 Å². The van der Waals surface area contributed by atoms with Crippen LogP contribution in [-0.2, 0) is 16.2 Å². The number of para-hydroxylation sites is 1. The van der Waals surface area contributed by atoms with Crippen LogP contribution in [0.4, 0.5) is 11.4 Å². The van der Waals surface area contributed by atoms with Gasteiger partial charge < -0.3 is 13.8 Å². The SMILES string of the molecule is CC(C)(C)c1ccc(N2B3c4cc5c(cc4-n4c6ccc(C(C)(C)C)cc6c6c7c(oc8ccccc87)c(c3c64)-c3cc4c(cc32)sc2ccccc24)-c2ccccc2C5(C)C)cc1. The van der Waals surface area contributed by atoms with Crippen molar-refractivity contribution < 1.29 is 4.42 Å². The largest absolute Gasteiger partial charge is 0.455 e. The summed E-state index contributed by atoms with van der Waals surface area (Å²) in [5.74, 6) is 0. The Morgan fingerprint density at radius 1 is 0.562 bits per heavy atom. The van der Waals surface area contributed by atoms with Crippen molar-refractivity contribution in [2.45, 2.75) is 71.6 Å². The van der Waals surface area contributed by atoms with Crippen molar-refractivity contribution >= 4 is 104 Å². The fourth-order valence-corrected chi connectivity index (χ4v) is 13.2. The van der Waals surface area contributed by atoms with Crippen LogP contribution < -0.4 is 15.7 Å². The van der Waals surface area contributed by atoms with Gasteiger partial charge in [0.25, 0.3) is 0 Å². The van der Waals surface area contributed by atoms with E-state index in [-0.39, 0.29) is 23.1 Å². The van der Waals surface area contributed by atoms with Crippen LogP contribution in [0.25, 0.3) is 91.9 Å². The second kappa shape index (κ2) is 12.0. The third-order valence-electron chi connectivity index (χ3n) is 15.3. The van der Waals surface area contributed by atoms with Crippen molar-refractivity contribution in [1.82, 2.24) is 4.57 Å². The zero-order valence-electron chi connectivity index (χ0n) is 37.6. The molecule has 2 aliphatic heterocycles. The molecule has 3 aromatic heterocycles. The first-order valence-electron chi connectivity index (χ1n) is 22.9. The predicted octanol–water partition coefficient (Wildman–Crippen LogP) is 15.2. The molecule has 3 nitrogen and oxygen atoms in total. The molecule has 0 fully saturated rings. The first kappa shape index (κ1) is 36.9. The Bertz CT molecular complexity index is 3900. The van der Waals surface area contributed by atoms with E-state index in [1.165, 1.54) is 120 Å². The minimum Gasteiger partial charge on any atom is -0.455 e. The van der Waals surface area contributed by atoms with E-state index >= 15 is 0 Å². The average Bonchev–Trinajstić information content (AvgIpc) is 4.00. The summed E-state index contributed by atoms with van der Waals surface area (Å²) in [5.41, 5.74) is 21.1. The van der Waals surface area contributed by atoms with E-state index in [9.17, 15) is 0 Å². The number of fused-ring (bicyclic) bond motifs is 19. The molecule has 0 saturated carbocycles. The van der Waals surface area contributed by atoms with E-state index < -0.39 is 0 Å². The lowest BCUT2D eigenvalue weighted by Crippen LogP contribution is -2.60. The standard InChI is InChI=1S/C59H47BN2OS/c1-57(2,3)32-21-24-34(25-22-32)62-46-31-50-39(36-16-11-14-20-49(36)64-50)28-41(46)53-54-55-51(52-37-17-10-13-19-48(37)63-56(52)53)40-27-33(58(4,5)6)23-26-45(40)61(55)47-29-38-35-15-9-12-18-42(35)59(7,8)43(38)30-44(47)60(54)62/h9-31H,1-8H3. The van der Waals surface area contributed by atoms with Gasteiger partial charge in [-0.1, -0.05) is 140 Å². The summed E-state index contributed by atoms with van der Waals surface area (Å²) in [6, 6.07) is 53.6. The van der Waals surface area contributed by atoms with Gasteiger partial charge in [0, 0.05) is 75.3 Å². The van der Waals surface area contributed by atoms with Gasteiger partial charge in [-0.05, 0) is 110 Å². The molecule has 3 aliphatic rings. The second-order valence-electron chi connectivity index (χ2n) is 21.3. The van der Waals surface area contributed by atoms with Crippen molar-refractivity contribution in [3.05, 3.63) is 162 Å². The van der Waals surface area contributed by atoms with Gasteiger partial charge in [0.2, 0.25) is 0 Å². The number of thiophene rings is 1. The van der Waals surface area contributed by atoms with Crippen LogP contribution in [0.3, 0.4) is 0 Å². The molecule has 0 bridgehead atoms. The molecular formula is C59H47BN2OS. The lowest BCUT2D eigenvalue weighted by atomic mass is 9.43. The number of rotatable bonds is 1. The molecule has 0 amide bonds. The maximum Gasteiger partial charge on any atom is 0.333 e. The van der Waals surface area contributed by atoms with Crippen molar-refractivity contribution in [3.63, 3.8) is 0 Å². The molecule has 64 heavy (non-hydrogen) atoms. The lowest BCUT2D eigenvalue weighted by molar-refractivity contribution is 0.590. The van der Waals surface area contributed by atoms with E-state index in [1.807, 2.05) is 11.3 Å². The van der Waals surface area contributed by atoms with E-state index in [1.54, 1.807) is 0 Å². The molecular weight excluding hydrogens is 796 g/mol. The van der Waals surface area contributed by atoms with Gasteiger partial charge in [-0.2, -0.15) is 0 Å². The van der Waals surface area contributed by atoms with Crippen molar-refractivity contribution in [2.24, 2.45) is 0 Å². The Kier molecular flexibility index (Phi) is 6.89. The van der Waals surface area contributed by atoms with Crippen LogP contribution in [0.1, 0.15) is 77.6 Å². The van der Waals surface area contributed by atoms with Crippen LogP contribution in [-0.4, -0.2) is 11.4 Å². The summed E-state index contributed by atoms with van der Waals surface area (Å²) >= 11 is 1.90. The molecule has 0 saturated heterocycles. The number of aromatic nitrogens is 1. The number of benzene rings is 8. The van der Waals surface area contributed by atoms with E-state index in [4.69, 9.17) is 4.42 Å². The van der Waals surface area contributed by atoms with Crippen LogP contribution in [0.15, 0.2) is 144 Å². The summed E-state index contributed by atoms with van der Waals surface area (Å²) in [4.78, 5) is 2.70. The molecule has 308 valence electrons. The molecule has 8 aromatic carbocycles. The summed E-state index contributed by atoms with van der Waals surface area (Å²) in [6.07, 6.45) is 0. The first-order valence-corrected chi connectivity index (χ1v) is 23.7. The maximum atomic E-state index is 7.33. The van der Waals surface area contributed by atoms with Gasteiger partial charge in [-0.25, -0.2) is 0 Å². The van der Waals surface area contributed by atoms with Crippen LogP contribution >= 0.6 is 11.3 Å². The van der Waals surface area contributed by atoms with E-state index in [2.05, 4.69) is 204 Å². The fourth-order valence-electron chi connectivity index (χ4n) is 12.1. The Morgan fingerprint density at radius 3 is 2.08 bits per heavy atom. The highest BCUT2D eigenvalue weighted by molar-refractivity contribution is 7.25. The minimum absolute atomic E-state index is 0.0265. The second-order valence-corrected chi connectivity index (χ2v) is 22.4. The van der Waals surface area contributed by atoms with Gasteiger partial charge in [-0.15, -0.1) is 11.3 Å². The van der Waals surface area contributed by atoms with Gasteiger partial charge in [-0.3, -0.25) is 0 Å². The summed E-state index contributed by atoms with van der Waals surface area (Å²) in [5, 5.41) is 7.53. The van der Waals surface area contributed by atoms with Gasteiger partial charge in [0.1, 0.15) is 11.2 Å². The lowest BCUT2D eigenvalue weighted by Gasteiger charge is -2.42. The van der Waals surface area contributed by atoms with Crippen molar-refractivity contribution in [2.75, 3.05) is 4.81 Å². The van der Waals surface area contributed by atoms with E-state index in [0.717, 1.165) is 16.6 Å². The number of hydrogen-bond acceptors (Lipinski definition) is 3. The van der Waals surface area contributed by atoms with Crippen molar-refractivity contribution in [3.8, 4) is 27.9 Å². The summed E-state index contributed by atoms with van der Waals surface area (Å²) < 4.78 is 12.6. The summed E-state index contributed by atoms with van der Waals surface area (Å²) in [7, 11) is 0. The molecule has 0 radical (unpaired) electrons. The molecule has 5 heterocycles. The summed E-state index contributed by atoms with van der Waals surface area (Å²) in [6.45, 7) is 18.6. The van der Waals surface area contributed by atoms with Crippen LogP contribution in [0, 0.1) is 0 Å². The number of furan rings is 1. The molecule has 5 heteroatoms. The quantitative estimate of drug-likeness (QED) is 0.154. The number of anilines is 2. The molecule has 14 rings (SSSR count). The Hall–Kier alpha value is -6.56. The Balaban J connectivity index is 1.23. The third-order valence-corrected chi connectivity index (χ3v) is 16.4. The first-order chi connectivity index (χ1) is 30.8. The van der Waals surface area contributed by atoms with Crippen LogP contribution in [0.5, 0.6) is 0 Å². The van der Waals surface area contributed by atoms with E-state index in [0.29, 0.717) is 0 Å². The Labute approximate surface area is 377 Å². The topological polar surface area (TPSA) is 21.3 Å². The average molecular weight is 843 g/mol. The fraction of sp³-hybridized carbons (Fsp3) is 0.186. The zero-order chi connectivity index (χ0) is 43.3. The number of nitrogens with zero attached hydrogens (tertiary/aromatic N) is 2. The van der Waals surface area contributed by atoms with Crippen molar-refractivity contribution in [1.29, 1.82) is 0 Å². The highest BCUT2D eigenvalue weighted by Crippen LogP contribution is 2.55. The molecule has 0 spiro atoms. The molecule has 11 aromatic rings. The molecule has 0 N–H and O–H groups in total. The molecule has 0 unspecified atom stereocenters. The predicted molar refractivity (Wildman–Crippen MR) is 275 cm³/mol. The normalized spacial score (nSPS) is 14.9. The van der Waals surface area contributed by atoms with Gasteiger partial charge in [0.05, 0.1) is 11.0 Å². The maximum absolute atomic E-state index is 7.33. The molecule has 0 atom stereocenters. The number of hydrogen-bond donors (Lipinski definition) is 0. The highest BCUT2D eigenvalue weighted by atomic mass is 32.1. The molecule has 1 aliphatic carbocycles. The monoisotopic (exact) mass is 842 g/mol. The van der Waals surface area contributed by atoms with Gasteiger partial charge in [0.15, 0.2) is 0 Å². The third kappa shape index (κ3) is 4.58.